The summed E-state index contributed by atoms with van der Waals surface area (Å²) in [5.74, 6) is 1.47. The van der Waals surface area contributed by atoms with Gasteiger partial charge in [0.2, 0.25) is 0 Å². The highest BCUT2D eigenvalue weighted by atomic mass is 35.5. The van der Waals surface area contributed by atoms with Crippen LogP contribution in [0.4, 0.5) is 0 Å². The molecule has 0 spiro atoms. The third-order valence-corrected chi connectivity index (χ3v) is 7.90. The van der Waals surface area contributed by atoms with E-state index in [1.54, 1.807) is 0 Å². The molecule has 0 radical (unpaired) electrons. The highest BCUT2D eigenvalue weighted by Gasteiger charge is 2.16. The predicted octanol–water partition coefficient (Wildman–Crippen LogP) is 10.1. The minimum Gasteiger partial charge on any atom is -0.352 e. The molecule has 42 heavy (non-hydrogen) atoms. The van der Waals surface area contributed by atoms with E-state index in [4.69, 9.17) is 38.2 Å². The Bertz CT molecular complexity index is 1380. The number of aromatic nitrogens is 3. The molecule has 5 nitrogen and oxygen atoms in total. The molecule has 4 aromatic rings. The van der Waals surface area contributed by atoms with Gasteiger partial charge in [0.25, 0.3) is 5.91 Å². The monoisotopic (exact) mass is 602 g/mol. The van der Waals surface area contributed by atoms with Gasteiger partial charge in [0.1, 0.15) is 0 Å². The van der Waals surface area contributed by atoms with E-state index in [1.807, 2.05) is 73.7 Å². The molecule has 0 unspecified atom stereocenters. The van der Waals surface area contributed by atoms with Crippen molar-refractivity contribution in [3.63, 3.8) is 0 Å². The lowest BCUT2D eigenvalue weighted by molar-refractivity contribution is 0.0953. The average molecular weight is 604 g/mol. The first-order chi connectivity index (χ1) is 20.4. The van der Waals surface area contributed by atoms with Crippen molar-refractivity contribution < 1.29 is 4.79 Å². The first kappa shape index (κ1) is 31.7. The molecule has 1 aromatic heterocycles. The number of nitrogens with zero attached hydrogens (tertiary/aromatic N) is 3. The molecule has 0 aliphatic rings. The number of unbranched alkanes of at least 4 members (excludes halogenated alkanes) is 9. The molecular formula is C35H40Cl2N4O. The molecule has 7 heteroatoms. The Hall–Kier alpha value is -3.28. The normalized spacial score (nSPS) is 11.0. The predicted molar refractivity (Wildman–Crippen MR) is 175 cm³/mol. The second-order valence-corrected chi connectivity index (χ2v) is 11.7. The van der Waals surface area contributed by atoms with Gasteiger partial charge in [0.05, 0.1) is 0 Å². The van der Waals surface area contributed by atoms with E-state index in [0.29, 0.717) is 39.6 Å². The summed E-state index contributed by atoms with van der Waals surface area (Å²) in [6.07, 6.45) is 12.7. The van der Waals surface area contributed by atoms with Crippen LogP contribution in [0.5, 0.6) is 0 Å². The number of nitrogens with one attached hydrogen (secondary N) is 1. The van der Waals surface area contributed by atoms with E-state index in [-0.39, 0.29) is 5.91 Å². The summed E-state index contributed by atoms with van der Waals surface area (Å²) in [6.45, 7) is 4.92. The quantitative estimate of drug-likeness (QED) is 0.137. The number of hydrogen-bond donors (Lipinski definition) is 1. The lowest BCUT2D eigenvalue weighted by Gasteiger charge is -2.12. The van der Waals surface area contributed by atoms with Gasteiger partial charge in [-0.3, -0.25) is 4.79 Å². The minimum atomic E-state index is -0.0860. The first-order valence-electron chi connectivity index (χ1n) is 15.1. The third kappa shape index (κ3) is 9.37. The van der Waals surface area contributed by atoms with Crippen LogP contribution in [0.2, 0.25) is 10.0 Å². The van der Waals surface area contributed by atoms with E-state index in [0.717, 1.165) is 35.1 Å². The van der Waals surface area contributed by atoms with Crippen LogP contribution in [0.1, 0.15) is 87.1 Å². The lowest BCUT2D eigenvalue weighted by Crippen LogP contribution is -2.24. The van der Waals surface area contributed by atoms with Crippen molar-refractivity contribution in [2.45, 2.75) is 78.1 Å². The van der Waals surface area contributed by atoms with Gasteiger partial charge in [-0.05, 0) is 79.6 Å². The number of amides is 1. The highest BCUT2D eigenvalue weighted by Crippen LogP contribution is 2.28. The Morgan fingerprint density at radius 1 is 0.643 bits per heavy atom. The Balaban J connectivity index is 1.45. The zero-order chi connectivity index (χ0) is 29.7. The maximum absolute atomic E-state index is 13.1. The van der Waals surface area contributed by atoms with Crippen molar-refractivity contribution in [3.05, 3.63) is 87.9 Å². The fraction of sp³-hybridized carbons (Fsp3) is 0.371. The summed E-state index contributed by atoms with van der Waals surface area (Å²) in [5.41, 5.74) is 3.98. The van der Waals surface area contributed by atoms with Crippen molar-refractivity contribution in [1.29, 1.82) is 0 Å². The van der Waals surface area contributed by atoms with Gasteiger partial charge in [0.15, 0.2) is 17.5 Å². The van der Waals surface area contributed by atoms with Gasteiger partial charge in [-0.1, -0.05) is 94.0 Å². The van der Waals surface area contributed by atoms with E-state index < -0.39 is 0 Å². The molecule has 1 heterocycles. The third-order valence-electron chi connectivity index (χ3n) is 7.40. The number of halogens is 2. The van der Waals surface area contributed by atoms with Gasteiger partial charge in [-0.15, -0.1) is 0 Å². The molecule has 0 saturated carbocycles. The molecule has 0 atom stereocenters. The molecule has 0 saturated heterocycles. The zero-order valence-corrected chi connectivity index (χ0v) is 26.1. The van der Waals surface area contributed by atoms with Crippen molar-refractivity contribution >= 4 is 29.1 Å². The number of hydrogen-bond acceptors (Lipinski definition) is 4. The van der Waals surface area contributed by atoms with Crippen LogP contribution in [0.15, 0.2) is 66.7 Å². The standard InChI is InChI=1S/C35H40Cl2N4O/c1-3-4-5-6-7-8-9-10-11-12-23-38-35(42)28-14-13-25(2)31(24-28)34-40-32(26-15-19-29(36)20-16-26)39-33(41-34)27-17-21-30(37)22-18-27/h13-22,24H,3-12,23H2,1-2H3,(H,38,42). The molecular weight excluding hydrogens is 563 g/mol. The zero-order valence-electron chi connectivity index (χ0n) is 24.6. The summed E-state index contributed by atoms with van der Waals surface area (Å²) < 4.78 is 0. The van der Waals surface area contributed by atoms with Gasteiger partial charge in [-0.25, -0.2) is 15.0 Å². The maximum Gasteiger partial charge on any atom is 0.251 e. The molecule has 0 fully saturated rings. The van der Waals surface area contributed by atoms with Crippen molar-refractivity contribution in [2.24, 2.45) is 0 Å². The van der Waals surface area contributed by atoms with Crippen molar-refractivity contribution in [2.75, 3.05) is 6.54 Å². The lowest BCUT2D eigenvalue weighted by atomic mass is 10.0. The van der Waals surface area contributed by atoms with Crippen molar-refractivity contribution in [1.82, 2.24) is 20.3 Å². The number of carbonyl (C=O) groups is 1. The highest BCUT2D eigenvalue weighted by molar-refractivity contribution is 6.30. The number of carbonyl (C=O) groups excluding carboxylic acids is 1. The van der Waals surface area contributed by atoms with Gasteiger partial charge >= 0.3 is 0 Å². The van der Waals surface area contributed by atoms with Crippen LogP contribution >= 0.6 is 23.2 Å². The summed E-state index contributed by atoms with van der Waals surface area (Å²) in [7, 11) is 0. The van der Waals surface area contributed by atoms with Crippen molar-refractivity contribution in [3.8, 4) is 34.2 Å². The minimum absolute atomic E-state index is 0.0860. The Labute approximate surface area is 260 Å². The van der Waals surface area contributed by atoms with E-state index >= 15 is 0 Å². The summed E-state index contributed by atoms with van der Waals surface area (Å²) in [5, 5.41) is 4.36. The Morgan fingerprint density at radius 3 is 1.64 bits per heavy atom. The second kappa shape index (κ2) is 16.4. The fourth-order valence-electron chi connectivity index (χ4n) is 4.87. The van der Waals surface area contributed by atoms with E-state index in [2.05, 4.69) is 12.2 Å². The van der Waals surface area contributed by atoms with Gasteiger partial charge in [-0.2, -0.15) is 0 Å². The number of benzene rings is 3. The van der Waals surface area contributed by atoms with Crippen LogP contribution < -0.4 is 5.32 Å². The summed E-state index contributed by atoms with van der Waals surface area (Å²) in [6, 6.07) is 20.5. The molecule has 220 valence electrons. The van der Waals surface area contributed by atoms with Gasteiger partial charge < -0.3 is 5.32 Å². The second-order valence-electron chi connectivity index (χ2n) is 10.8. The smallest absolute Gasteiger partial charge is 0.251 e. The molecule has 1 N–H and O–H groups in total. The maximum atomic E-state index is 13.1. The van der Waals surface area contributed by atoms with E-state index in [9.17, 15) is 4.79 Å². The van der Waals surface area contributed by atoms with Crippen LogP contribution in [0.3, 0.4) is 0 Å². The van der Waals surface area contributed by atoms with E-state index in [1.165, 1.54) is 51.4 Å². The number of rotatable bonds is 15. The topological polar surface area (TPSA) is 67.8 Å². The molecule has 4 rings (SSSR count). The SMILES string of the molecule is CCCCCCCCCCCCNC(=O)c1ccc(C)c(-c2nc(-c3ccc(Cl)cc3)nc(-c3ccc(Cl)cc3)n2)c1. The van der Waals surface area contributed by atoms with Crippen LogP contribution in [0.25, 0.3) is 34.2 Å². The van der Waals surface area contributed by atoms with Crippen LogP contribution in [0, 0.1) is 6.92 Å². The molecule has 3 aromatic carbocycles. The van der Waals surface area contributed by atoms with Crippen LogP contribution in [-0.4, -0.2) is 27.4 Å². The first-order valence-corrected chi connectivity index (χ1v) is 15.9. The largest absolute Gasteiger partial charge is 0.352 e. The molecule has 0 aliphatic heterocycles. The average Bonchev–Trinajstić information content (AvgIpc) is 3.00. The molecule has 0 bridgehead atoms. The fourth-order valence-corrected chi connectivity index (χ4v) is 5.13. The Morgan fingerprint density at radius 2 is 1.12 bits per heavy atom. The summed E-state index contributed by atoms with van der Waals surface area (Å²) in [4.78, 5) is 27.4. The molecule has 1 amide bonds. The van der Waals surface area contributed by atoms with Crippen LogP contribution in [-0.2, 0) is 0 Å². The molecule has 0 aliphatic carbocycles. The number of aryl methyl sites for hydroxylation is 1. The summed E-state index contributed by atoms with van der Waals surface area (Å²) >= 11 is 12.3. The Kier molecular flexibility index (Phi) is 12.3. The van der Waals surface area contributed by atoms with Gasteiger partial charge in [0, 0.05) is 38.8 Å².